The van der Waals surface area contributed by atoms with Crippen LogP contribution in [0.3, 0.4) is 0 Å². The summed E-state index contributed by atoms with van der Waals surface area (Å²) in [6.45, 7) is 5.58. The van der Waals surface area contributed by atoms with Gasteiger partial charge < -0.3 is 34.1 Å². The van der Waals surface area contributed by atoms with Crippen molar-refractivity contribution in [3.05, 3.63) is 82.4 Å². The number of hydrogen-bond acceptors (Lipinski definition) is 8. The minimum Gasteiger partial charge on any atom is -0.441 e. The van der Waals surface area contributed by atoms with Crippen molar-refractivity contribution >= 4 is 41.7 Å². The summed E-state index contributed by atoms with van der Waals surface area (Å²) in [5.74, 6) is -0.577. The van der Waals surface area contributed by atoms with Crippen molar-refractivity contribution in [2.24, 2.45) is 0 Å². The maximum Gasteiger partial charge on any atom is 0.340 e. The van der Waals surface area contributed by atoms with Gasteiger partial charge in [0.25, 0.3) is 5.91 Å². The molecule has 0 saturated carbocycles. The molecule has 3 heterocycles. The van der Waals surface area contributed by atoms with Crippen molar-refractivity contribution in [3.63, 3.8) is 0 Å². The van der Waals surface area contributed by atoms with E-state index in [9.17, 15) is 9.59 Å². The molecule has 1 N–H and O–H groups in total. The van der Waals surface area contributed by atoms with E-state index in [1.807, 2.05) is 6.07 Å². The molecule has 0 unspecified atom stereocenters. The fourth-order valence-corrected chi connectivity index (χ4v) is 13.6. The zero-order valence-electron chi connectivity index (χ0n) is 29.7. The maximum absolute atomic E-state index is 13.8. The van der Waals surface area contributed by atoms with Crippen molar-refractivity contribution in [3.8, 4) is 0 Å². The number of esters is 1. The zero-order chi connectivity index (χ0) is 34.6. The quantitative estimate of drug-likeness (QED) is 0.151. The molecule has 0 atom stereocenters. The van der Waals surface area contributed by atoms with Crippen LogP contribution in [0.5, 0.6) is 0 Å². The molecule has 10 heteroatoms. The molecule has 3 aromatic rings. The number of benzene rings is 3. The minimum absolute atomic E-state index is 0.217. The Bertz CT molecular complexity index is 1610. The zero-order valence-corrected chi connectivity index (χ0v) is 30.7. The number of nitrogens with zero attached hydrogens (tertiary/aromatic N) is 2. The molecule has 49 heavy (non-hydrogen) atoms. The van der Waals surface area contributed by atoms with Gasteiger partial charge in [-0.2, -0.15) is 0 Å². The van der Waals surface area contributed by atoms with E-state index in [-0.39, 0.29) is 11.9 Å². The predicted molar refractivity (Wildman–Crippen MR) is 197 cm³/mol. The number of rotatable bonds is 14. The Morgan fingerprint density at radius 3 is 1.90 bits per heavy atom. The van der Waals surface area contributed by atoms with Crippen LogP contribution in [0.1, 0.15) is 70.0 Å². The van der Waals surface area contributed by atoms with Gasteiger partial charge in [0, 0.05) is 75.0 Å². The van der Waals surface area contributed by atoms with Gasteiger partial charge in [0.1, 0.15) is 8.07 Å². The lowest BCUT2D eigenvalue weighted by Crippen LogP contribution is -2.67. The summed E-state index contributed by atoms with van der Waals surface area (Å²) < 4.78 is 23.2. The second kappa shape index (κ2) is 15.0. The van der Waals surface area contributed by atoms with Crippen LogP contribution >= 0.6 is 0 Å². The van der Waals surface area contributed by atoms with E-state index in [0.717, 1.165) is 41.1 Å². The van der Waals surface area contributed by atoms with Gasteiger partial charge in [-0.1, -0.05) is 38.3 Å². The Hall–Kier alpha value is -3.70. The van der Waals surface area contributed by atoms with E-state index in [4.69, 9.17) is 18.9 Å². The number of ether oxygens (including phenoxy) is 4. The fraction of sp³-hybridized carbons (Fsp3) is 0.487. The molecule has 262 valence electrons. The summed E-state index contributed by atoms with van der Waals surface area (Å²) >= 11 is 0. The Kier molecular flexibility index (Phi) is 10.8. The Morgan fingerprint density at radius 2 is 1.33 bits per heavy atom. The van der Waals surface area contributed by atoms with Gasteiger partial charge in [0.2, 0.25) is 0 Å². The summed E-state index contributed by atoms with van der Waals surface area (Å²) in [5.41, 5.74) is 4.98. The third-order valence-electron chi connectivity index (χ3n) is 10.3. The second-order valence-corrected chi connectivity index (χ2v) is 18.1. The van der Waals surface area contributed by atoms with E-state index in [0.29, 0.717) is 50.7 Å². The van der Waals surface area contributed by atoms with Gasteiger partial charge in [0.05, 0.1) is 38.6 Å². The number of nitrogens with one attached hydrogen (secondary N) is 1. The highest BCUT2D eigenvalue weighted by molar-refractivity contribution is 7.03. The molecule has 1 fully saturated rings. The Morgan fingerprint density at radius 1 is 0.755 bits per heavy atom. The molecule has 0 aromatic heterocycles. The van der Waals surface area contributed by atoms with Crippen LogP contribution < -0.4 is 25.5 Å². The maximum atomic E-state index is 13.8. The van der Waals surface area contributed by atoms with Crippen molar-refractivity contribution in [2.75, 3.05) is 84.2 Å². The second-order valence-electron chi connectivity index (χ2n) is 13.8. The molecule has 3 aliphatic rings. The number of anilines is 2. The van der Waals surface area contributed by atoms with Gasteiger partial charge in [-0.15, -0.1) is 0 Å². The van der Waals surface area contributed by atoms with Crippen molar-refractivity contribution in [1.29, 1.82) is 0 Å². The number of fused-ring (bicyclic) bond motifs is 8. The Labute approximate surface area is 291 Å². The monoisotopic (exact) mass is 685 g/mol. The van der Waals surface area contributed by atoms with E-state index in [2.05, 4.69) is 86.6 Å². The highest BCUT2D eigenvalue weighted by atomic mass is 28.3. The molecule has 1 amide bonds. The molecular formula is C39H51N3O6Si. The molecule has 0 bridgehead atoms. The first kappa shape index (κ1) is 35.1. The normalized spacial score (nSPS) is 16.6. The van der Waals surface area contributed by atoms with Crippen LogP contribution in [0.25, 0.3) is 0 Å². The van der Waals surface area contributed by atoms with Crippen molar-refractivity contribution in [2.45, 2.75) is 50.3 Å². The number of hydrogen-bond donors (Lipinski definition) is 1. The van der Waals surface area contributed by atoms with Crippen LogP contribution in [0.15, 0.2) is 54.6 Å². The number of amides is 1. The summed E-state index contributed by atoms with van der Waals surface area (Å²) in [6, 6.07) is 21.1. The topological polar surface area (TPSA) is 89.6 Å². The summed E-state index contributed by atoms with van der Waals surface area (Å²) in [4.78, 5) is 31.6. The van der Waals surface area contributed by atoms with Crippen LogP contribution in [0.2, 0.25) is 12.1 Å². The standard InChI is InChI=1S/C39H51N3O6Si/c1-6-17-45-19-21-47-22-20-46-18-16-40-37(43)28-10-13-31-34(25-28)39(48-38(31)44)32-14-11-29(41(2)3)26-35(32)49(23-8-7-9-24-49)36-27-30(42(4)5)12-15-33(36)39/h10-15,25-27H,6-9,16-24H2,1-5H3,(H,40,43). The predicted octanol–water partition coefficient (Wildman–Crippen LogP) is 4.53. The highest BCUT2D eigenvalue weighted by Gasteiger charge is 2.58. The van der Waals surface area contributed by atoms with E-state index >= 15 is 0 Å². The molecule has 6 rings (SSSR count). The van der Waals surface area contributed by atoms with Gasteiger partial charge >= 0.3 is 5.97 Å². The Balaban J connectivity index is 1.31. The molecule has 0 radical (unpaired) electrons. The molecule has 1 saturated heterocycles. The smallest absolute Gasteiger partial charge is 0.340 e. The van der Waals surface area contributed by atoms with Gasteiger partial charge in [0.15, 0.2) is 5.60 Å². The third-order valence-corrected chi connectivity index (χ3v) is 15.6. The lowest BCUT2D eigenvalue weighted by Gasteiger charge is -2.48. The first-order valence-corrected chi connectivity index (χ1v) is 20.2. The van der Waals surface area contributed by atoms with Crippen molar-refractivity contribution in [1.82, 2.24) is 5.32 Å². The number of carbonyl (C=O) groups excluding carboxylic acids is 2. The first-order valence-electron chi connectivity index (χ1n) is 17.8. The molecular weight excluding hydrogens is 635 g/mol. The highest BCUT2D eigenvalue weighted by Crippen LogP contribution is 2.51. The van der Waals surface area contributed by atoms with E-state index in [1.165, 1.54) is 41.7 Å². The first-order chi connectivity index (χ1) is 23.7. The van der Waals surface area contributed by atoms with Gasteiger partial charge in [-0.05, 0) is 71.3 Å². The molecule has 3 aliphatic heterocycles. The average molecular weight is 686 g/mol. The van der Waals surface area contributed by atoms with Gasteiger partial charge in [-0.3, -0.25) is 4.79 Å². The van der Waals surface area contributed by atoms with Gasteiger partial charge in [-0.25, -0.2) is 4.79 Å². The molecule has 3 aromatic carbocycles. The van der Waals surface area contributed by atoms with E-state index < -0.39 is 13.7 Å². The summed E-state index contributed by atoms with van der Waals surface area (Å²) in [6.07, 6.45) is 4.63. The van der Waals surface area contributed by atoms with Crippen LogP contribution in [0.4, 0.5) is 11.4 Å². The molecule has 0 aliphatic carbocycles. The lowest BCUT2D eigenvalue weighted by atomic mass is 9.78. The van der Waals surface area contributed by atoms with Crippen LogP contribution in [-0.4, -0.2) is 94.3 Å². The van der Waals surface area contributed by atoms with Crippen LogP contribution in [-0.2, 0) is 24.5 Å². The largest absolute Gasteiger partial charge is 0.441 e. The van der Waals surface area contributed by atoms with Crippen molar-refractivity contribution < 1.29 is 28.5 Å². The number of carbonyl (C=O) groups is 2. The molecule has 9 nitrogen and oxygen atoms in total. The SMILES string of the molecule is CCCOCCOCCOCCNC(=O)c1ccc2c(c1)C1(OC2=O)c2ccc(N(C)C)cc2[Si]2(CCCCC2)c2cc(N(C)C)ccc21. The van der Waals surface area contributed by atoms with E-state index in [1.54, 1.807) is 12.1 Å². The fourth-order valence-electron chi connectivity index (χ4n) is 7.84. The third kappa shape index (κ3) is 6.63. The van der Waals surface area contributed by atoms with Crippen LogP contribution in [0, 0.1) is 0 Å². The average Bonchev–Trinajstić information content (AvgIpc) is 3.41. The summed E-state index contributed by atoms with van der Waals surface area (Å²) in [7, 11) is 6.07. The minimum atomic E-state index is -2.23. The summed E-state index contributed by atoms with van der Waals surface area (Å²) in [5, 5.41) is 5.70. The lowest BCUT2D eigenvalue weighted by molar-refractivity contribution is 0.0152. The molecule has 2 spiro atoms.